The second-order valence-electron chi connectivity index (χ2n) is 3.82. The van der Waals surface area contributed by atoms with Gasteiger partial charge in [0.2, 0.25) is 0 Å². The van der Waals surface area contributed by atoms with E-state index in [0.717, 1.165) is 36.3 Å². The molecule has 0 N–H and O–H groups in total. The van der Waals surface area contributed by atoms with E-state index < -0.39 is 0 Å². The Bertz CT molecular complexity index is 387. The van der Waals surface area contributed by atoms with Crippen molar-refractivity contribution in [3.05, 3.63) is 33.8 Å². The maximum absolute atomic E-state index is 5.26. The van der Waals surface area contributed by atoms with Gasteiger partial charge in [-0.05, 0) is 24.1 Å². The number of hydrogen-bond acceptors (Lipinski definition) is 3. The highest BCUT2D eigenvalue weighted by Crippen LogP contribution is 2.16. The van der Waals surface area contributed by atoms with Gasteiger partial charge in [-0.1, -0.05) is 28.1 Å². The molecule has 0 atom stereocenters. The molecular formula is C12H15BrN2O. The van der Waals surface area contributed by atoms with Gasteiger partial charge in [-0.25, -0.2) is 0 Å². The maximum atomic E-state index is 5.26. The van der Waals surface area contributed by atoms with Crippen molar-refractivity contribution in [2.45, 2.75) is 6.92 Å². The summed E-state index contributed by atoms with van der Waals surface area (Å²) in [5.74, 6) is 0. The molecule has 0 unspecified atom stereocenters. The van der Waals surface area contributed by atoms with Gasteiger partial charge in [0, 0.05) is 4.47 Å². The Morgan fingerprint density at radius 2 is 2.12 bits per heavy atom. The van der Waals surface area contributed by atoms with Crippen molar-refractivity contribution in [2.24, 2.45) is 5.10 Å². The molecule has 4 heteroatoms. The van der Waals surface area contributed by atoms with E-state index in [0.29, 0.717) is 0 Å². The van der Waals surface area contributed by atoms with E-state index in [4.69, 9.17) is 4.74 Å². The van der Waals surface area contributed by atoms with Crippen LogP contribution in [-0.4, -0.2) is 37.5 Å². The van der Waals surface area contributed by atoms with Gasteiger partial charge in [0.15, 0.2) is 0 Å². The molecule has 86 valence electrons. The van der Waals surface area contributed by atoms with Crippen molar-refractivity contribution in [2.75, 3.05) is 26.3 Å². The Balaban J connectivity index is 2.02. The SMILES string of the molecule is Cc1ccc(C=NN2CCOCC2)cc1Br. The van der Waals surface area contributed by atoms with E-state index in [9.17, 15) is 0 Å². The fourth-order valence-corrected chi connectivity index (χ4v) is 1.90. The first kappa shape index (κ1) is 11.6. The van der Waals surface area contributed by atoms with Crippen LogP contribution < -0.4 is 0 Å². The smallest absolute Gasteiger partial charge is 0.0659 e. The van der Waals surface area contributed by atoms with Crippen LogP contribution in [0.4, 0.5) is 0 Å². The lowest BCUT2D eigenvalue weighted by Gasteiger charge is -2.23. The zero-order valence-corrected chi connectivity index (χ0v) is 10.9. The van der Waals surface area contributed by atoms with Gasteiger partial charge in [0.05, 0.1) is 32.5 Å². The van der Waals surface area contributed by atoms with Gasteiger partial charge in [-0.2, -0.15) is 5.10 Å². The molecule has 1 saturated heterocycles. The van der Waals surface area contributed by atoms with E-state index in [1.54, 1.807) is 0 Å². The van der Waals surface area contributed by atoms with Gasteiger partial charge in [0.1, 0.15) is 0 Å². The molecule has 1 aromatic carbocycles. The zero-order valence-electron chi connectivity index (χ0n) is 9.32. The molecule has 0 aliphatic carbocycles. The van der Waals surface area contributed by atoms with Crippen LogP contribution in [0, 0.1) is 6.92 Å². The average molecular weight is 283 g/mol. The fourth-order valence-electron chi connectivity index (χ4n) is 1.51. The first-order valence-corrected chi connectivity index (χ1v) is 6.18. The molecule has 1 fully saturated rings. The van der Waals surface area contributed by atoms with Crippen LogP contribution in [0.15, 0.2) is 27.8 Å². The third-order valence-corrected chi connectivity index (χ3v) is 3.41. The Hall–Kier alpha value is -0.870. The summed E-state index contributed by atoms with van der Waals surface area (Å²) in [7, 11) is 0. The summed E-state index contributed by atoms with van der Waals surface area (Å²) in [6.07, 6.45) is 1.90. The lowest BCUT2D eigenvalue weighted by atomic mass is 10.2. The summed E-state index contributed by atoms with van der Waals surface area (Å²) in [5.41, 5.74) is 2.35. The fraction of sp³-hybridized carbons (Fsp3) is 0.417. The molecule has 0 aromatic heterocycles. The first-order chi connectivity index (χ1) is 7.75. The molecule has 0 saturated carbocycles. The van der Waals surface area contributed by atoms with Gasteiger partial charge >= 0.3 is 0 Å². The van der Waals surface area contributed by atoms with Crippen LogP contribution >= 0.6 is 15.9 Å². The Kier molecular flexibility index (Phi) is 3.96. The average Bonchev–Trinajstić information content (AvgIpc) is 2.32. The summed E-state index contributed by atoms with van der Waals surface area (Å²) >= 11 is 3.52. The van der Waals surface area contributed by atoms with E-state index in [1.807, 2.05) is 11.2 Å². The predicted octanol–water partition coefficient (Wildman–Crippen LogP) is 2.42. The van der Waals surface area contributed by atoms with Crippen LogP contribution in [0.3, 0.4) is 0 Å². The molecule has 3 nitrogen and oxygen atoms in total. The summed E-state index contributed by atoms with van der Waals surface area (Å²) in [4.78, 5) is 0. The number of aryl methyl sites for hydroxylation is 1. The molecule has 0 radical (unpaired) electrons. The minimum Gasteiger partial charge on any atom is -0.378 e. The van der Waals surface area contributed by atoms with Crippen molar-refractivity contribution in [3.63, 3.8) is 0 Å². The highest BCUT2D eigenvalue weighted by Gasteiger charge is 2.06. The van der Waals surface area contributed by atoms with Crippen molar-refractivity contribution in [1.29, 1.82) is 0 Å². The van der Waals surface area contributed by atoms with Crippen LogP contribution in [0.2, 0.25) is 0 Å². The third kappa shape index (κ3) is 3.06. The molecule has 0 bridgehead atoms. The number of morpholine rings is 1. The third-order valence-electron chi connectivity index (χ3n) is 2.55. The monoisotopic (exact) mass is 282 g/mol. The topological polar surface area (TPSA) is 24.8 Å². The summed E-state index contributed by atoms with van der Waals surface area (Å²) in [5, 5.41) is 6.47. The van der Waals surface area contributed by atoms with Crippen molar-refractivity contribution >= 4 is 22.1 Å². The molecule has 0 amide bonds. The number of ether oxygens (including phenoxy) is 1. The van der Waals surface area contributed by atoms with Crippen LogP contribution in [0.25, 0.3) is 0 Å². The highest BCUT2D eigenvalue weighted by molar-refractivity contribution is 9.10. The first-order valence-electron chi connectivity index (χ1n) is 5.38. The Labute approximate surface area is 104 Å². The zero-order chi connectivity index (χ0) is 11.4. The summed E-state index contributed by atoms with van der Waals surface area (Å²) < 4.78 is 6.39. The van der Waals surface area contributed by atoms with Gasteiger partial charge in [0.25, 0.3) is 0 Å². The van der Waals surface area contributed by atoms with Crippen LogP contribution in [0.5, 0.6) is 0 Å². The van der Waals surface area contributed by atoms with E-state index in [-0.39, 0.29) is 0 Å². The lowest BCUT2D eigenvalue weighted by molar-refractivity contribution is 0.0397. The summed E-state index contributed by atoms with van der Waals surface area (Å²) in [6.45, 7) is 5.38. The lowest BCUT2D eigenvalue weighted by Crippen LogP contribution is -2.32. The van der Waals surface area contributed by atoms with Crippen molar-refractivity contribution < 1.29 is 4.74 Å². The predicted molar refractivity (Wildman–Crippen MR) is 68.9 cm³/mol. The normalized spacial score (nSPS) is 17.0. The van der Waals surface area contributed by atoms with Gasteiger partial charge in [-0.15, -0.1) is 0 Å². The Morgan fingerprint density at radius 3 is 2.81 bits per heavy atom. The van der Waals surface area contributed by atoms with Gasteiger partial charge < -0.3 is 4.74 Å². The molecule has 16 heavy (non-hydrogen) atoms. The molecule has 1 aliphatic heterocycles. The van der Waals surface area contributed by atoms with Crippen LogP contribution in [0.1, 0.15) is 11.1 Å². The molecule has 2 rings (SSSR count). The number of rotatable bonds is 2. The number of hydrazone groups is 1. The minimum atomic E-state index is 0.773. The van der Waals surface area contributed by atoms with Crippen molar-refractivity contribution in [3.8, 4) is 0 Å². The van der Waals surface area contributed by atoms with Crippen LogP contribution in [-0.2, 0) is 4.74 Å². The second-order valence-corrected chi connectivity index (χ2v) is 4.67. The standard InChI is InChI=1S/C12H15BrN2O/c1-10-2-3-11(8-12(10)13)9-14-15-4-6-16-7-5-15/h2-3,8-9H,4-7H2,1H3. The van der Waals surface area contributed by atoms with Gasteiger partial charge in [-0.3, -0.25) is 5.01 Å². The Morgan fingerprint density at radius 1 is 1.38 bits per heavy atom. The van der Waals surface area contributed by atoms with E-state index in [2.05, 4.69) is 46.2 Å². The summed E-state index contributed by atoms with van der Waals surface area (Å²) in [6, 6.07) is 6.24. The molecular weight excluding hydrogens is 268 g/mol. The minimum absolute atomic E-state index is 0.773. The maximum Gasteiger partial charge on any atom is 0.0659 e. The van der Waals surface area contributed by atoms with Crippen molar-refractivity contribution in [1.82, 2.24) is 5.01 Å². The molecule has 0 spiro atoms. The number of halogens is 1. The number of nitrogens with zero attached hydrogens (tertiary/aromatic N) is 2. The molecule has 1 heterocycles. The largest absolute Gasteiger partial charge is 0.378 e. The molecule has 1 aliphatic rings. The van der Waals surface area contributed by atoms with E-state index in [1.165, 1.54) is 5.56 Å². The number of benzene rings is 1. The molecule has 1 aromatic rings. The quantitative estimate of drug-likeness (QED) is 0.779. The van der Waals surface area contributed by atoms with E-state index >= 15 is 0 Å². The highest BCUT2D eigenvalue weighted by atomic mass is 79.9. The second kappa shape index (κ2) is 5.46. The number of hydrogen-bond donors (Lipinski definition) is 0.